The highest BCUT2D eigenvalue weighted by Gasteiger charge is 2.08. The predicted octanol–water partition coefficient (Wildman–Crippen LogP) is 4.14. The summed E-state index contributed by atoms with van der Waals surface area (Å²) in [4.78, 5) is 10.6. The minimum atomic E-state index is 0.590. The first kappa shape index (κ1) is 12.7. The quantitative estimate of drug-likeness (QED) is 0.776. The molecule has 0 spiro atoms. The van der Waals surface area contributed by atoms with Crippen LogP contribution in [0.2, 0.25) is 5.02 Å². The van der Waals surface area contributed by atoms with E-state index in [4.69, 9.17) is 16.3 Å². The van der Waals surface area contributed by atoms with Gasteiger partial charge in [0.2, 0.25) is 0 Å². The van der Waals surface area contributed by atoms with Gasteiger partial charge in [-0.2, -0.15) is 0 Å². The third-order valence-corrected chi connectivity index (χ3v) is 3.09. The van der Waals surface area contributed by atoms with Gasteiger partial charge in [0.1, 0.15) is 12.0 Å². The molecule has 18 heavy (non-hydrogen) atoms. The van der Waals surface area contributed by atoms with Crippen molar-refractivity contribution in [2.24, 2.45) is 0 Å². The van der Waals surface area contributed by atoms with Crippen molar-refractivity contribution in [1.82, 2.24) is 0 Å². The fourth-order valence-corrected chi connectivity index (χ4v) is 2.25. The van der Waals surface area contributed by atoms with E-state index in [1.807, 2.05) is 31.2 Å². The number of carbonyl (C=O) groups excluding carboxylic acids is 1. The van der Waals surface area contributed by atoms with Crippen LogP contribution in [-0.2, 0) is 0 Å². The second kappa shape index (κ2) is 5.23. The van der Waals surface area contributed by atoms with Crippen LogP contribution < -0.4 is 4.74 Å². The lowest BCUT2D eigenvalue weighted by molar-refractivity contribution is 0.112. The van der Waals surface area contributed by atoms with Gasteiger partial charge in [-0.25, -0.2) is 0 Å². The summed E-state index contributed by atoms with van der Waals surface area (Å²) < 4.78 is 5.22. The summed E-state index contributed by atoms with van der Waals surface area (Å²) in [6, 6.07) is 11.3. The van der Waals surface area contributed by atoms with Crippen LogP contribution in [0.25, 0.3) is 11.1 Å². The van der Waals surface area contributed by atoms with E-state index < -0.39 is 0 Å². The van der Waals surface area contributed by atoms with Crippen molar-refractivity contribution >= 4 is 17.9 Å². The molecule has 2 rings (SSSR count). The molecule has 0 aliphatic heterocycles. The van der Waals surface area contributed by atoms with Crippen molar-refractivity contribution < 1.29 is 9.53 Å². The number of carbonyl (C=O) groups is 1. The number of rotatable bonds is 3. The molecule has 0 saturated heterocycles. The minimum Gasteiger partial charge on any atom is -0.495 e. The van der Waals surface area contributed by atoms with Gasteiger partial charge in [-0.3, -0.25) is 4.79 Å². The van der Waals surface area contributed by atoms with Gasteiger partial charge in [-0.05, 0) is 35.7 Å². The molecule has 3 heteroatoms. The number of halogens is 1. The molecule has 0 bridgehead atoms. The standard InChI is InChI=1S/C15H13ClO2/c1-10-7-13(8-14(16)15(10)18-2)12-5-3-11(9-17)4-6-12/h3-9H,1-2H3. The van der Waals surface area contributed by atoms with Crippen LogP contribution in [0.5, 0.6) is 5.75 Å². The molecule has 0 saturated carbocycles. The van der Waals surface area contributed by atoms with Crippen molar-refractivity contribution in [1.29, 1.82) is 0 Å². The third-order valence-electron chi connectivity index (χ3n) is 2.81. The second-order valence-corrected chi connectivity index (χ2v) is 4.46. The zero-order valence-electron chi connectivity index (χ0n) is 10.2. The third kappa shape index (κ3) is 2.39. The molecule has 0 aliphatic carbocycles. The summed E-state index contributed by atoms with van der Waals surface area (Å²) in [6.07, 6.45) is 0.829. The van der Waals surface area contributed by atoms with E-state index in [2.05, 4.69) is 0 Å². The van der Waals surface area contributed by atoms with Gasteiger partial charge < -0.3 is 4.74 Å². The maximum Gasteiger partial charge on any atom is 0.150 e. The Morgan fingerprint density at radius 3 is 2.28 bits per heavy atom. The average molecular weight is 261 g/mol. The van der Waals surface area contributed by atoms with Crippen molar-refractivity contribution in [3.05, 3.63) is 52.5 Å². The highest BCUT2D eigenvalue weighted by Crippen LogP contribution is 2.33. The van der Waals surface area contributed by atoms with Gasteiger partial charge in [-0.15, -0.1) is 0 Å². The van der Waals surface area contributed by atoms with Crippen LogP contribution in [0.15, 0.2) is 36.4 Å². The number of hydrogen-bond donors (Lipinski definition) is 0. The zero-order valence-corrected chi connectivity index (χ0v) is 11.0. The molecule has 0 heterocycles. The largest absolute Gasteiger partial charge is 0.495 e. The van der Waals surface area contributed by atoms with Gasteiger partial charge in [0.05, 0.1) is 12.1 Å². The highest BCUT2D eigenvalue weighted by atomic mass is 35.5. The number of hydrogen-bond acceptors (Lipinski definition) is 2. The Labute approximate surface area is 111 Å². The molecule has 0 aliphatic rings. The number of methoxy groups -OCH3 is 1. The Bertz CT molecular complexity index is 551. The van der Waals surface area contributed by atoms with Crippen molar-refractivity contribution in [3.8, 4) is 16.9 Å². The summed E-state index contributed by atoms with van der Waals surface area (Å²) >= 11 is 6.16. The van der Waals surface area contributed by atoms with Crippen molar-refractivity contribution in [3.63, 3.8) is 0 Å². The van der Waals surface area contributed by atoms with Crippen LogP contribution in [0.1, 0.15) is 15.9 Å². The molecule has 92 valence electrons. The summed E-state index contributed by atoms with van der Waals surface area (Å²) in [6.45, 7) is 1.95. The van der Waals surface area contributed by atoms with Crippen molar-refractivity contribution in [2.45, 2.75) is 6.92 Å². The summed E-state index contributed by atoms with van der Waals surface area (Å²) in [7, 11) is 1.60. The fraction of sp³-hybridized carbons (Fsp3) is 0.133. The lowest BCUT2D eigenvalue weighted by atomic mass is 10.0. The fourth-order valence-electron chi connectivity index (χ4n) is 1.91. The highest BCUT2D eigenvalue weighted by molar-refractivity contribution is 6.32. The van der Waals surface area contributed by atoms with Crippen LogP contribution in [0, 0.1) is 6.92 Å². The van der Waals surface area contributed by atoms with E-state index in [1.54, 1.807) is 19.2 Å². The van der Waals surface area contributed by atoms with Gasteiger partial charge in [-0.1, -0.05) is 35.9 Å². The maximum atomic E-state index is 10.6. The number of aldehydes is 1. The summed E-state index contributed by atoms with van der Waals surface area (Å²) in [5.41, 5.74) is 3.68. The number of benzene rings is 2. The molecule has 0 amide bonds. The monoisotopic (exact) mass is 260 g/mol. The molecule has 0 aromatic heterocycles. The Hall–Kier alpha value is -1.80. The molecule has 0 unspecified atom stereocenters. The van der Waals surface area contributed by atoms with Gasteiger partial charge >= 0.3 is 0 Å². The Morgan fingerprint density at radius 2 is 1.78 bits per heavy atom. The SMILES string of the molecule is COc1c(C)cc(-c2ccc(C=O)cc2)cc1Cl. The lowest BCUT2D eigenvalue weighted by Gasteiger charge is -2.10. The smallest absolute Gasteiger partial charge is 0.150 e. The Morgan fingerprint density at radius 1 is 1.11 bits per heavy atom. The molecule has 0 radical (unpaired) electrons. The molecule has 2 aromatic rings. The first-order valence-electron chi connectivity index (χ1n) is 5.55. The van der Waals surface area contributed by atoms with Crippen molar-refractivity contribution in [2.75, 3.05) is 7.11 Å². The van der Waals surface area contributed by atoms with E-state index in [0.717, 1.165) is 23.0 Å². The summed E-state index contributed by atoms with van der Waals surface area (Å²) in [5, 5.41) is 0.590. The minimum absolute atomic E-state index is 0.590. The second-order valence-electron chi connectivity index (χ2n) is 4.05. The first-order chi connectivity index (χ1) is 8.65. The van der Waals surface area contributed by atoms with E-state index in [0.29, 0.717) is 16.3 Å². The maximum absolute atomic E-state index is 10.6. The average Bonchev–Trinajstić information content (AvgIpc) is 2.38. The van der Waals surface area contributed by atoms with E-state index in [1.165, 1.54) is 0 Å². The van der Waals surface area contributed by atoms with E-state index in [-0.39, 0.29) is 0 Å². The molecule has 2 nitrogen and oxygen atoms in total. The molecule has 0 fully saturated rings. The first-order valence-corrected chi connectivity index (χ1v) is 5.93. The van der Waals surface area contributed by atoms with Crippen LogP contribution in [0.4, 0.5) is 0 Å². The molecular weight excluding hydrogens is 248 g/mol. The Balaban J connectivity index is 2.47. The molecular formula is C15H13ClO2. The topological polar surface area (TPSA) is 26.3 Å². The van der Waals surface area contributed by atoms with E-state index in [9.17, 15) is 4.79 Å². The molecule has 0 atom stereocenters. The van der Waals surface area contributed by atoms with Gasteiger partial charge in [0.15, 0.2) is 0 Å². The van der Waals surface area contributed by atoms with E-state index >= 15 is 0 Å². The predicted molar refractivity (Wildman–Crippen MR) is 73.6 cm³/mol. The normalized spacial score (nSPS) is 10.2. The Kier molecular flexibility index (Phi) is 3.68. The molecule has 2 aromatic carbocycles. The van der Waals surface area contributed by atoms with Crippen LogP contribution in [0.3, 0.4) is 0 Å². The van der Waals surface area contributed by atoms with Gasteiger partial charge in [0, 0.05) is 5.56 Å². The zero-order chi connectivity index (χ0) is 13.1. The number of aryl methyl sites for hydroxylation is 1. The summed E-state index contributed by atoms with van der Waals surface area (Å²) in [5.74, 6) is 0.699. The molecule has 0 N–H and O–H groups in total. The van der Waals surface area contributed by atoms with Gasteiger partial charge in [0.25, 0.3) is 0 Å². The van der Waals surface area contributed by atoms with Crippen LogP contribution >= 0.6 is 11.6 Å². The van der Waals surface area contributed by atoms with Crippen LogP contribution in [-0.4, -0.2) is 13.4 Å². The number of ether oxygens (including phenoxy) is 1. The lowest BCUT2D eigenvalue weighted by Crippen LogP contribution is -1.90.